The molecule has 0 N–H and O–H groups in total. The minimum atomic E-state index is -0.997. The Morgan fingerprint density at radius 2 is 2.17 bits per heavy atom. The van der Waals surface area contributed by atoms with E-state index in [1.807, 2.05) is 0 Å². The number of allylic oxidation sites excluding steroid dienone is 1. The zero-order valence-corrected chi connectivity index (χ0v) is 7.24. The van der Waals surface area contributed by atoms with Gasteiger partial charge in [0.05, 0.1) is 6.10 Å². The van der Waals surface area contributed by atoms with Crippen LogP contribution in [0, 0.1) is 11.8 Å². The lowest BCUT2D eigenvalue weighted by atomic mass is 10.1. The maximum Gasteiger partial charge on any atom is 0.375 e. The first kappa shape index (κ1) is 7.04. The average Bonchev–Trinajstić information content (AvgIpc) is 2.48. The fraction of sp³-hybridized carbons (Fsp3) is 0.750. The first-order valence-corrected chi connectivity index (χ1v) is 4.62. The molecule has 2 aliphatic carbocycles. The third kappa shape index (κ3) is 1.00. The Labute approximate surface area is 75.5 Å². The van der Waals surface area contributed by atoms with Gasteiger partial charge in [0.25, 0.3) is 0 Å². The van der Waals surface area contributed by atoms with Gasteiger partial charge in [-0.05, 0) is 30.4 Å². The van der Waals surface area contributed by atoms with E-state index in [0.717, 1.165) is 6.42 Å². The molecule has 0 amide bonds. The Morgan fingerprint density at radius 3 is 2.67 bits per heavy atom. The second-order valence-electron chi connectivity index (χ2n) is 3.67. The van der Waals surface area contributed by atoms with E-state index in [1.54, 1.807) is 0 Å². The predicted octanol–water partition coefficient (Wildman–Crippen LogP) is 2.28. The minimum Gasteiger partial charge on any atom is -0.316 e. The van der Waals surface area contributed by atoms with Crippen molar-refractivity contribution in [3.63, 3.8) is 0 Å². The van der Waals surface area contributed by atoms with E-state index in [2.05, 4.69) is 22.4 Å². The molecular weight excluding hydrogens is 176 g/mol. The fourth-order valence-corrected chi connectivity index (χ4v) is 2.30. The summed E-state index contributed by atoms with van der Waals surface area (Å²) in [5.41, 5.74) is 0. The fourth-order valence-electron chi connectivity index (χ4n) is 2.14. The third-order valence-electron chi connectivity index (χ3n) is 2.78. The molecule has 0 aromatic carbocycles. The van der Waals surface area contributed by atoms with Gasteiger partial charge in [0.2, 0.25) is 0 Å². The Balaban J connectivity index is 1.68. The van der Waals surface area contributed by atoms with Crippen LogP contribution in [0.3, 0.4) is 0 Å². The van der Waals surface area contributed by atoms with Gasteiger partial charge in [-0.25, -0.2) is 0 Å². The molecule has 0 radical (unpaired) electrons. The van der Waals surface area contributed by atoms with E-state index in [0.29, 0.717) is 11.8 Å². The van der Waals surface area contributed by atoms with E-state index in [1.165, 1.54) is 6.42 Å². The molecule has 0 spiro atoms. The number of nitrogens with zero attached hydrogens (tertiary/aromatic N) is 2. The summed E-state index contributed by atoms with van der Waals surface area (Å²) in [5, 5.41) is 6.25. The smallest absolute Gasteiger partial charge is 0.316 e. The van der Waals surface area contributed by atoms with Crippen molar-refractivity contribution in [3.05, 3.63) is 12.2 Å². The average molecular weight is 185 g/mol. The SMILES string of the molecule is ClC1(O[C@H]2C[C@H]3C=C[C@@H]2C3)N=N1. The Kier molecular flexibility index (Phi) is 1.23. The topological polar surface area (TPSA) is 34.0 Å². The summed E-state index contributed by atoms with van der Waals surface area (Å²) in [4.78, 5) is 0. The summed E-state index contributed by atoms with van der Waals surface area (Å²) in [6, 6.07) is 0. The maximum atomic E-state index is 5.78. The van der Waals surface area contributed by atoms with Crippen LogP contribution < -0.4 is 0 Å². The second kappa shape index (κ2) is 2.09. The van der Waals surface area contributed by atoms with Crippen LogP contribution in [0.2, 0.25) is 0 Å². The van der Waals surface area contributed by atoms with Crippen molar-refractivity contribution in [2.24, 2.45) is 22.1 Å². The van der Waals surface area contributed by atoms with Crippen LogP contribution in [0.1, 0.15) is 12.8 Å². The van der Waals surface area contributed by atoms with Crippen molar-refractivity contribution in [2.45, 2.75) is 24.3 Å². The number of fused-ring (bicyclic) bond motifs is 2. The molecule has 2 bridgehead atoms. The molecule has 0 aromatic heterocycles. The van der Waals surface area contributed by atoms with Gasteiger partial charge in [-0.2, -0.15) is 0 Å². The summed E-state index contributed by atoms with van der Waals surface area (Å²) >= 11 is 5.78. The largest absolute Gasteiger partial charge is 0.375 e. The molecule has 3 rings (SSSR count). The van der Waals surface area contributed by atoms with E-state index in [-0.39, 0.29) is 6.10 Å². The molecule has 1 saturated carbocycles. The number of ether oxygens (including phenoxy) is 1. The second-order valence-corrected chi connectivity index (χ2v) is 4.16. The van der Waals surface area contributed by atoms with Gasteiger partial charge in [0, 0.05) is 5.92 Å². The summed E-state index contributed by atoms with van der Waals surface area (Å²) in [7, 11) is 0. The zero-order chi connectivity index (χ0) is 8.18. The quantitative estimate of drug-likeness (QED) is 0.368. The highest BCUT2D eigenvalue weighted by molar-refractivity contribution is 6.23. The molecule has 12 heavy (non-hydrogen) atoms. The molecule has 64 valence electrons. The van der Waals surface area contributed by atoms with Crippen LogP contribution in [0.4, 0.5) is 0 Å². The van der Waals surface area contributed by atoms with Gasteiger partial charge in [0.1, 0.15) is 0 Å². The van der Waals surface area contributed by atoms with E-state index in [9.17, 15) is 0 Å². The molecule has 1 fully saturated rings. The normalized spacial score (nSPS) is 45.6. The lowest BCUT2D eigenvalue weighted by Crippen LogP contribution is -2.23. The van der Waals surface area contributed by atoms with Crippen molar-refractivity contribution in [3.8, 4) is 0 Å². The van der Waals surface area contributed by atoms with Gasteiger partial charge >= 0.3 is 5.31 Å². The number of alkyl halides is 1. The van der Waals surface area contributed by atoms with Gasteiger partial charge < -0.3 is 4.74 Å². The molecule has 0 aromatic rings. The summed E-state index contributed by atoms with van der Waals surface area (Å²) in [5.74, 6) is 1.26. The molecule has 1 aliphatic heterocycles. The number of hydrogen-bond donors (Lipinski definition) is 0. The summed E-state index contributed by atoms with van der Waals surface area (Å²) in [6.07, 6.45) is 7.04. The highest BCUT2D eigenvalue weighted by atomic mass is 35.5. The van der Waals surface area contributed by atoms with E-state index >= 15 is 0 Å². The molecule has 1 heterocycles. The third-order valence-corrected chi connectivity index (χ3v) is 3.02. The minimum absolute atomic E-state index is 0.243. The van der Waals surface area contributed by atoms with Crippen molar-refractivity contribution < 1.29 is 4.74 Å². The van der Waals surface area contributed by atoms with Gasteiger partial charge in [-0.1, -0.05) is 12.2 Å². The van der Waals surface area contributed by atoms with Crippen LogP contribution in [0.5, 0.6) is 0 Å². The van der Waals surface area contributed by atoms with Gasteiger partial charge in [0.15, 0.2) is 0 Å². The van der Waals surface area contributed by atoms with Crippen molar-refractivity contribution in [2.75, 3.05) is 0 Å². The number of halogens is 1. The summed E-state index contributed by atoms with van der Waals surface area (Å²) in [6.45, 7) is 0. The maximum absolute atomic E-state index is 5.78. The Hall–Kier alpha value is -0.410. The number of rotatable bonds is 2. The zero-order valence-electron chi connectivity index (χ0n) is 6.48. The van der Waals surface area contributed by atoms with Crippen LogP contribution in [0.25, 0.3) is 0 Å². The standard InChI is InChI=1S/C8H9ClN2O/c9-8(10-11-8)12-7-4-5-1-2-6(7)3-5/h1-2,5-7H,3-4H2/t5-,6+,7-/m0/s1. The first-order chi connectivity index (χ1) is 5.75. The highest BCUT2D eigenvalue weighted by Crippen LogP contribution is 2.45. The van der Waals surface area contributed by atoms with Crippen molar-refractivity contribution in [1.29, 1.82) is 0 Å². The molecule has 3 aliphatic rings. The Morgan fingerprint density at radius 1 is 1.33 bits per heavy atom. The molecule has 0 saturated heterocycles. The van der Waals surface area contributed by atoms with Crippen LogP contribution in [0.15, 0.2) is 22.4 Å². The van der Waals surface area contributed by atoms with Crippen molar-refractivity contribution >= 4 is 11.6 Å². The molecule has 3 atom stereocenters. The van der Waals surface area contributed by atoms with Crippen LogP contribution >= 0.6 is 11.6 Å². The number of hydrogen-bond acceptors (Lipinski definition) is 3. The molecule has 3 nitrogen and oxygen atoms in total. The molecule has 0 unspecified atom stereocenters. The predicted molar refractivity (Wildman–Crippen MR) is 43.7 cm³/mol. The van der Waals surface area contributed by atoms with Crippen LogP contribution in [-0.4, -0.2) is 11.4 Å². The van der Waals surface area contributed by atoms with Gasteiger partial charge in [-0.15, -0.1) is 10.2 Å². The van der Waals surface area contributed by atoms with E-state index in [4.69, 9.17) is 16.3 Å². The lowest BCUT2D eigenvalue weighted by molar-refractivity contribution is -0.00731. The van der Waals surface area contributed by atoms with Crippen molar-refractivity contribution in [1.82, 2.24) is 0 Å². The Bertz CT molecular complexity index is 270. The van der Waals surface area contributed by atoms with Crippen LogP contribution in [-0.2, 0) is 4.74 Å². The lowest BCUT2D eigenvalue weighted by Gasteiger charge is -2.18. The summed E-state index contributed by atoms with van der Waals surface area (Å²) < 4.78 is 5.52. The monoisotopic (exact) mass is 184 g/mol. The highest BCUT2D eigenvalue weighted by Gasteiger charge is 2.47. The van der Waals surface area contributed by atoms with E-state index < -0.39 is 5.31 Å². The first-order valence-electron chi connectivity index (χ1n) is 4.24. The molecule has 4 heteroatoms. The van der Waals surface area contributed by atoms with Gasteiger partial charge in [-0.3, -0.25) is 0 Å². The molecular formula is C8H9ClN2O.